The highest BCUT2D eigenvalue weighted by molar-refractivity contribution is 7.92. The Bertz CT molecular complexity index is 1290. The van der Waals surface area contributed by atoms with Crippen LogP contribution in [0.25, 0.3) is 11.0 Å². The van der Waals surface area contributed by atoms with Gasteiger partial charge in [-0.3, -0.25) is 9.40 Å². The van der Waals surface area contributed by atoms with Crippen LogP contribution in [0.15, 0.2) is 59.8 Å². The second-order valence-corrected chi connectivity index (χ2v) is 8.55. The van der Waals surface area contributed by atoms with E-state index in [2.05, 4.69) is 31.2 Å². The van der Waals surface area contributed by atoms with E-state index < -0.39 is 10.0 Å². The number of aryl methyl sites for hydroxylation is 3. The van der Waals surface area contributed by atoms with Gasteiger partial charge in [0.05, 0.1) is 17.2 Å². The molecule has 9 heteroatoms. The van der Waals surface area contributed by atoms with Crippen molar-refractivity contribution in [3.8, 4) is 0 Å². The lowest BCUT2D eigenvalue weighted by molar-refractivity contribution is 0.601. The van der Waals surface area contributed by atoms with Crippen LogP contribution < -0.4 is 10.0 Å². The fraction of sp³-hybridized carbons (Fsp3) is 0.150. The molecule has 0 aliphatic carbocycles. The fourth-order valence-corrected chi connectivity index (χ4v) is 4.06. The van der Waals surface area contributed by atoms with Gasteiger partial charge in [-0.1, -0.05) is 18.2 Å². The van der Waals surface area contributed by atoms with Gasteiger partial charge in [-0.05, 0) is 49.2 Å². The van der Waals surface area contributed by atoms with Crippen molar-refractivity contribution >= 4 is 38.4 Å². The maximum atomic E-state index is 12.8. The van der Waals surface area contributed by atoms with E-state index in [9.17, 15) is 8.42 Å². The third kappa shape index (κ3) is 4.04. The topological polar surface area (TPSA) is 102 Å². The molecule has 0 spiro atoms. The zero-order chi connectivity index (χ0) is 20.6. The molecule has 29 heavy (non-hydrogen) atoms. The molecule has 2 aromatic heterocycles. The highest BCUT2D eigenvalue weighted by Crippen LogP contribution is 2.27. The summed E-state index contributed by atoms with van der Waals surface area (Å²) in [5.41, 5.74) is 4.21. The summed E-state index contributed by atoms with van der Waals surface area (Å²) in [7, 11) is -2.21. The Morgan fingerprint density at radius 2 is 1.55 bits per heavy atom. The van der Waals surface area contributed by atoms with Gasteiger partial charge < -0.3 is 5.32 Å². The highest BCUT2D eigenvalue weighted by Gasteiger charge is 2.20. The maximum absolute atomic E-state index is 12.8. The molecular weight excluding hydrogens is 388 g/mol. The number of hydrogen-bond donors (Lipinski definition) is 2. The number of hydrogen-bond acceptors (Lipinski definition) is 6. The number of aromatic nitrogens is 4. The summed E-state index contributed by atoms with van der Waals surface area (Å²) < 4.78 is 29.6. The number of fused-ring (bicyclic) bond motifs is 1. The molecule has 0 aliphatic rings. The predicted octanol–water partition coefficient (Wildman–Crippen LogP) is 3.52. The molecule has 0 amide bonds. The number of anilines is 3. The lowest BCUT2D eigenvalue weighted by atomic mass is 10.1. The molecule has 0 aliphatic heterocycles. The van der Waals surface area contributed by atoms with Crippen molar-refractivity contribution in [3.05, 3.63) is 66.0 Å². The molecule has 0 unspecified atom stereocenters. The first kappa shape index (κ1) is 18.9. The number of nitrogens with zero attached hydrogens (tertiary/aromatic N) is 4. The average Bonchev–Trinajstić information content (AvgIpc) is 3.08. The zero-order valence-corrected chi connectivity index (χ0v) is 17.0. The third-order valence-electron chi connectivity index (χ3n) is 4.28. The van der Waals surface area contributed by atoms with Gasteiger partial charge in [0.15, 0.2) is 11.6 Å². The summed E-state index contributed by atoms with van der Waals surface area (Å²) in [4.78, 5) is 9.13. The summed E-state index contributed by atoms with van der Waals surface area (Å²) in [5.74, 6) is 0.438. The number of sulfonamides is 1. The van der Waals surface area contributed by atoms with Gasteiger partial charge in [-0.2, -0.15) is 5.10 Å². The lowest BCUT2D eigenvalue weighted by Gasteiger charge is -2.14. The maximum Gasteiger partial charge on any atom is 0.266 e. The first-order chi connectivity index (χ1) is 13.8. The molecule has 4 rings (SSSR count). The highest BCUT2D eigenvalue weighted by atomic mass is 32.2. The Kier molecular flexibility index (Phi) is 4.67. The summed E-state index contributed by atoms with van der Waals surface area (Å²) >= 11 is 0. The van der Waals surface area contributed by atoms with Crippen LogP contribution in [-0.2, 0) is 17.1 Å². The Labute approximate surface area is 168 Å². The minimum absolute atomic E-state index is 0.0484. The number of rotatable bonds is 5. The third-order valence-corrected chi connectivity index (χ3v) is 5.57. The SMILES string of the molecule is Cc1cc(C)cc(Nc2nc3ccccc3nc2NS(=O)(=O)c2cnn(C)c2)c1. The van der Waals surface area contributed by atoms with Crippen LogP contribution in [0.1, 0.15) is 11.1 Å². The van der Waals surface area contributed by atoms with E-state index in [-0.39, 0.29) is 10.7 Å². The van der Waals surface area contributed by atoms with Gasteiger partial charge in [0, 0.05) is 18.9 Å². The Morgan fingerprint density at radius 1 is 0.931 bits per heavy atom. The fourth-order valence-electron chi connectivity index (χ4n) is 3.07. The normalized spacial score (nSPS) is 11.6. The predicted molar refractivity (Wildman–Crippen MR) is 113 cm³/mol. The van der Waals surface area contributed by atoms with Crippen LogP contribution in [0, 0.1) is 13.8 Å². The van der Waals surface area contributed by atoms with Gasteiger partial charge in [0.25, 0.3) is 10.0 Å². The van der Waals surface area contributed by atoms with Crippen LogP contribution in [0.2, 0.25) is 0 Å². The number of nitrogens with one attached hydrogen (secondary N) is 2. The van der Waals surface area contributed by atoms with Gasteiger partial charge in [-0.15, -0.1) is 0 Å². The molecule has 8 nitrogen and oxygen atoms in total. The van der Waals surface area contributed by atoms with Crippen LogP contribution in [0.5, 0.6) is 0 Å². The molecule has 0 atom stereocenters. The van der Waals surface area contributed by atoms with Crippen LogP contribution in [0.3, 0.4) is 0 Å². The number of benzene rings is 2. The van der Waals surface area contributed by atoms with E-state index in [4.69, 9.17) is 0 Å². The van der Waals surface area contributed by atoms with E-state index >= 15 is 0 Å². The van der Waals surface area contributed by atoms with E-state index in [1.807, 2.05) is 44.2 Å². The molecule has 0 saturated carbocycles. The van der Waals surface area contributed by atoms with E-state index in [0.29, 0.717) is 16.9 Å². The van der Waals surface area contributed by atoms with Crippen molar-refractivity contribution in [2.24, 2.45) is 7.05 Å². The van der Waals surface area contributed by atoms with Gasteiger partial charge in [0.2, 0.25) is 0 Å². The molecule has 0 saturated heterocycles. The van der Waals surface area contributed by atoms with E-state index in [1.165, 1.54) is 17.1 Å². The quantitative estimate of drug-likeness (QED) is 0.524. The minimum Gasteiger partial charge on any atom is -0.337 e. The lowest BCUT2D eigenvalue weighted by Crippen LogP contribution is -2.15. The Morgan fingerprint density at radius 3 is 2.14 bits per heavy atom. The molecule has 0 radical (unpaired) electrons. The van der Waals surface area contributed by atoms with Crippen LogP contribution in [-0.4, -0.2) is 28.2 Å². The number of para-hydroxylation sites is 2. The smallest absolute Gasteiger partial charge is 0.266 e. The summed E-state index contributed by atoms with van der Waals surface area (Å²) in [6.07, 6.45) is 2.71. The van der Waals surface area contributed by atoms with Crippen molar-refractivity contribution < 1.29 is 8.42 Å². The van der Waals surface area contributed by atoms with Crippen LogP contribution in [0.4, 0.5) is 17.3 Å². The first-order valence-corrected chi connectivity index (χ1v) is 10.4. The Balaban J connectivity index is 1.80. The first-order valence-electron chi connectivity index (χ1n) is 8.94. The molecular formula is C20H20N6O2S. The van der Waals surface area contributed by atoms with Crippen molar-refractivity contribution in [2.75, 3.05) is 10.0 Å². The van der Waals surface area contributed by atoms with E-state index in [0.717, 1.165) is 16.8 Å². The van der Waals surface area contributed by atoms with Crippen molar-refractivity contribution in [1.82, 2.24) is 19.7 Å². The van der Waals surface area contributed by atoms with Gasteiger partial charge in [-0.25, -0.2) is 18.4 Å². The summed E-state index contributed by atoms with van der Waals surface area (Å²) in [6, 6.07) is 13.3. The van der Waals surface area contributed by atoms with Gasteiger partial charge in [0.1, 0.15) is 4.90 Å². The largest absolute Gasteiger partial charge is 0.337 e. The minimum atomic E-state index is -3.87. The van der Waals surface area contributed by atoms with Crippen LogP contribution >= 0.6 is 0 Å². The molecule has 0 fully saturated rings. The van der Waals surface area contributed by atoms with Crippen molar-refractivity contribution in [3.63, 3.8) is 0 Å². The molecule has 4 aromatic rings. The molecule has 0 bridgehead atoms. The second-order valence-electron chi connectivity index (χ2n) is 6.87. The summed E-state index contributed by atoms with van der Waals surface area (Å²) in [5, 5.41) is 7.13. The summed E-state index contributed by atoms with van der Waals surface area (Å²) in [6.45, 7) is 3.99. The Hall–Kier alpha value is -3.46. The molecule has 148 valence electrons. The molecule has 2 aromatic carbocycles. The second kappa shape index (κ2) is 7.17. The van der Waals surface area contributed by atoms with Crippen molar-refractivity contribution in [1.29, 1.82) is 0 Å². The molecule has 2 heterocycles. The molecule has 2 N–H and O–H groups in total. The van der Waals surface area contributed by atoms with Gasteiger partial charge >= 0.3 is 0 Å². The van der Waals surface area contributed by atoms with Crippen molar-refractivity contribution in [2.45, 2.75) is 18.7 Å². The zero-order valence-electron chi connectivity index (χ0n) is 16.2. The average molecular weight is 408 g/mol. The standard InChI is InChI=1S/C20H20N6O2S/c1-13-8-14(2)10-15(9-13)22-19-20(24-18-7-5-4-6-17(18)23-19)25-29(27,28)16-11-21-26(3)12-16/h4-12H,1-3H3,(H,22,23)(H,24,25). The monoisotopic (exact) mass is 408 g/mol. The van der Waals surface area contributed by atoms with E-state index in [1.54, 1.807) is 13.1 Å².